The molecule has 0 spiro atoms. The topological polar surface area (TPSA) is 155 Å². The van der Waals surface area contributed by atoms with Crippen molar-refractivity contribution in [3.8, 4) is 0 Å². The molecule has 4 N–H and O–H groups in total. The Morgan fingerprint density at radius 2 is 2.29 bits per heavy atom. The van der Waals surface area contributed by atoms with Gasteiger partial charge in [-0.15, -0.1) is 0 Å². The van der Waals surface area contributed by atoms with Crippen LogP contribution in [0, 0.1) is 0 Å². The molecule has 0 saturated carbocycles. The third-order valence-corrected chi connectivity index (χ3v) is 4.21. The highest BCUT2D eigenvalue weighted by atomic mass is 31.2. The minimum Gasteiger partial charge on any atom is -0.379 e. The summed E-state index contributed by atoms with van der Waals surface area (Å²) in [5.41, 5.74) is 5.54. The Hall–Kier alpha value is -1.78. The third-order valence-electron chi connectivity index (χ3n) is 3.16. The van der Waals surface area contributed by atoms with Crippen LogP contribution in [0.15, 0.2) is 11.1 Å². The van der Waals surface area contributed by atoms with E-state index in [0.29, 0.717) is 12.3 Å². The van der Waals surface area contributed by atoms with Crippen LogP contribution in [0.3, 0.4) is 0 Å². The van der Waals surface area contributed by atoms with Crippen molar-refractivity contribution in [3.63, 3.8) is 0 Å². The molecule has 2 atom stereocenters. The Balaban J connectivity index is 2.19. The Morgan fingerprint density at radius 1 is 1.54 bits per heavy atom. The van der Waals surface area contributed by atoms with E-state index in [-0.39, 0.29) is 24.6 Å². The van der Waals surface area contributed by atoms with Crippen LogP contribution < -0.4 is 11.3 Å². The van der Waals surface area contributed by atoms with Crippen LogP contribution in [0.2, 0.25) is 0 Å². The number of nitrogens with one attached hydrogen (secondary N) is 1. The first kappa shape index (κ1) is 18.6. The Bertz CT molecular complexity index is 790. The fourth-order valence-corrected chi connectivity index (χ4v) is 2.48. The van der Waals surface area contributed by atoms with E-state index < -0.39 is 25.6 Å². The van der Waals surface area contributed by atoms with Crippen molar-refractivity contribution in [1.29, 1.82) is 0 Å². The second-order valence-electron chi connectivity index (χ2n) is 4.92. The van der Waals surface area contributed by atoms with Gasteiger partial charge in [0.05, 0.1) is 25.6 Å². The molecule has 2 aromatic rings. The number of imidazole rings is 1. The summed E-state index contributed by atoms with van der Waals surface area (Å²) >= 11 is 0. The number of ether oxygens (including phenoxy) is 2. The van der Waals surface area contributed by atoms with Gasteiger partial charge in [-0.2, -0.15) is 4.98 Å². The summed E-state index contributed by atoms with van der Waals surface area (Å²) < 4.78 is 28.3. The molecule has 12 heteroatoms. The fraction of sp³-hybridized carbons (Fsp3) is 0.583. The SMILES string of the molecule is CCOC[C@@H](Cn1cnc2c(=O)[nH]c(N)nc21)OCP(=O)(O)OC. The van der Waals surface area contributed by atoms with Crippen molar-refractivity contribution in [1.82, 2.24) is 19.5 Å². The average molecular weight is 361 g/mol. The second kappa shape index (κ2) is 7.86. The molecule has 0 aliphatic rings. The minimum atomic E-state index is -3.81. The molecule has 0 amide bonds. The van der Waals surface area contributed by atoms with Crippen LogP contribution in [0.5, 0.6) is 0 Å². The summed E-state index contributed by atoms with van der Waals surface area (Å²) in [4.78, 5) is 31.6. The smallest absolute Gasteiger partial charge is 0.353 e. The van der Waals surface area contributed by atoms with Crippen LogP contribution in [0.25, 0.3) is 11.2 Å². The van der Waals surface area contributed by atoms with E-state index in [2.05, 4.69) is 19.5 Å². The lowest BCUT2D eigenvalue weighted by Gasteiger charge is -2.19. The van der Waals surface area contributed by atoms with E-state index in [1.165, 1.54) is 6.33 Å². The summed E-state index contributed by atoms with van der Waals surface area (Å²) in [6.45, 7) is 2.66. The number of fused-ring (bicyclic) bond motifs is 1. The molecule has 2 aromatic heterocycles. The van der Waals surface area contributed by atoms with Gasteiger partial charge in [0.25, 0.3) is 5.56 Å². The average Bonchev–Trinajstić information content (AvgIpc) is 2.93. The largest absolute Gasteiger partial charge is 0.379 e. The van der Waals surface area contributed by atoms with Crippen molar-refractivity contribution in [2.75, 3.05) is 32.4 Å². The predicted molar refractivity (Wildman–Crippen MR) is 85.6 cm³/mol. The maximum atomic E-state index is 11.8. The van der Waals surface area contributed by atoms with Crippen LogP contribution in [-0.4, -0.2) is 57.2 Å². The van der Waals surface area contributed by atoms with Gasteiger partial charge in [-0.1, -0.05) is 0 Å². The number of nitrogens with zero attached hydrogens (tertiary/aromatic N) is 3. The number of nitrogens with two attached hydrogens (primary N) is 1. The van der Waals surface area contributed by atoms with E-state index in [1.807, 2.05) is 6.92 Å². The van der Waals surface area contributed by atoms with Gasteiger partial charge in [-0.3, -0.25) is 14.3 Å². The van der Waals surface area contributed by atoms with Crippen molar-refractivity contribution >= 4 is 24.7 Å². The number of hydrogen-bond donors (Lipinski definition) is 3. The summed E-state index contributed by atoms with van der Waals surface area (Å²) in [6.07, 6.45) is 0.369. The Labute approximate surface area is 137 Å². The molecule has 0 bridgehead atoms. The number of aromatic nitrogens is 4. The van der Waals surface area contributed by atoms with Gasteiger partial charge in [0.1, 0.15) is 6.35 Å². The van der Waals surface area contributed by atoms with Gasteiger partial charge >= 0.3 is 7.60 Å². The van der Waals surface area contributed by atoms with Crippen LogP contribution in [-0.2, 0) is 25.1 Å². The fourth-order valence-electron chi connectivity index (χ4n) is 1.98. The number of nitrogen functional groups attached to an aromatic ring is 1. The quantitative estimate of drug-likeness (QED) is 0.520. The molecule has 11 nitrogen and oxygen atoms in total. The maximum absolute atomic E-state index is 11.8. The van der Waals surface area contributed by atoms with Crippen molar-refractivity contribution in [2.45, 2.75) is 19.6 Å². The summed E-state index contributed by atoms with van der Waals surface area (Å²) in [5.74, 6) is -0.0317. The molecule has 2 rings (SSSR count). The molecule has 0 aromatic carbocycles. The molecule has 0 aliphatic carbocycles. The lowest BCUT2D eigenvalue weighted by Crippen LogP contribution is -2.26. The summed E-state index contributed by atoms with van der Waals surface area (Å²) in [5, 5.41) is 0. The van der Waals surface area contributed by atoms with Gasteiger partial charge < -0.3 is 29.2 Å². The molecule has 0 radical (unpaired) electrons. The number of H-pyrrole nitrogens is 1. The molecule has 0 aliphatic heterocycles. The summed E-state index contributed by atoms with van der Waals surface area (Å²) in [7, 11) is -2.68. The van der Waals surface area contributed by atoms with E-state index in [9.17, 15) is 14.3 Å². The van der Waals surface area contributed by atoms with Gasteiger partial charge in [0, 0.05) is 13.7 Å². The maximum Gasteiger partial charge on any atom is 0.353 e. The van der Waals surface area contributed by atoms with Crippen molar-refractivity contribution < 1.29 is 23.5 Å². The molecule has 0 fully saturated rings. The molecule has 2 heterocycles. The molecule has 24 heavy (non-hydrogen) atoms. The van der Waals surface area contributed by atoms with Crippen LogP contribution in [0.1, 0.15) is 6.92 Å². The zero-order valence-electron chi connectivity index (χ0n) is 13.3. The number of aromatic amines is 1. The molecular weight excluding hydrogens is 341 g/mol. The number of hydrogen-bond acceptors (Lipinski definition) is 8. The van der Waals surface area contributed by atoms with Gasteiger partial charge in [-0.05, 0) is 6.92 Å². The van der Waals surface area contributed by atoms with Crippen molar-refractivity contribution in [2.24, 2.45) is 0 Å². The zero-order chi connectivity index (χ0) is 17.7. The normalized spacial score (nSPS) is 15.5. The molecule has 1 unspecified atom stereocenters. The standard InChI is InChI=1S/C12H20N5O6P/c1-3-22-5-8(23-7-24(19,20)21-2)4-17-6-14-9-10(17)15-12(13)16-11(9)18/h6,8H,3-5,7H2,1-2H3,(H,19,20)(H3,13,15,16,18)/t8-/m1/s1. The molecule has 0 saturated heterocycles. The first-order valence-electron chi connectivity index (χ1n) is 7.13. The van der Waals surface area contributed by atoms with E-state index in [1.54, 1.807) is 4.57 Å². The Kier molecular flexibility index (Phi) is 6.08. The van der Waals surface area contributed by atoms with Crippen LogP contribution >= 0.6 is 7.60 Å². The third kappa shape index (κ3) is 4.62. The second-order valence-corrected chi connectivity index (χ2v) is 6.82. The highest BCUT2D eigenvalue weighted by Gasteiger charge is 2.22. The first-order valence-corrected chi connectivity index (χ1v) is 8.90. The monoisotopic (exact) mass is 361 g/mol. The van der Waals surface area contributed by atoms with E-state index in [4.69, 9.17) is 15.2 Å². The predicted octanol–water partition coefficient (Wildman–Crippen LogP) is -0.0872. The van der Waals surface area contributed by atoms with Gasteiger partial charge in [-0.25, -0.2) is 4.98 Å². The minimum absolute atomic E-state index is 0.0317. The van der Waals surface area contributed by atoms with Gasteiger partial charge in [0.2, 0.25) is 5.95 Å². The highest BCUT2D eigenvalue weighted by Crippen LogP contribution is 2.40. The first-order chi connectivity index (χ1) is 11.4. The molecular formula is C12H20N5O6P. The van der Waals surface area contributed by atoms with E-state index in [0.717, 1.165) is 7.11 Å². The lowest BCUT2D eigenvalue weighted by molar-refractivity contribution is -0.00893. The lowest BCUT2D eigenvalue weighted by atomic mass is 10.3. The highest BCUT2D eigenvalue weighted by molar-refractivity contribution is 7.52. The van der Waals surface area contributed by atoms with Gasteiger partial charge in [0.15, 0.2) is 11.2 Å². The van der Waals surface area contributed by atoms with Crippen LogP contribution in [0.4, 0.5) is 5.95 Å². The number of anilines is 1. The Morgan fingerprint density at radius 3 is 2.96 bits per heavy atom. The summed E-state index contributed by atoms with van der Waals surface area (Å²) in [6, 6.07) is 0. The zero-order valence-corrected chi connectivity index (χ0v) is 14.2. The molecule has 134 valence electrons. The number of rotatable bonds is 9. The van der Waals surface area contributed by atoms with E-state index >= 15 is 0 Å². The van der Waals surface area contributed by atoms with Crippen molar-refractivity contribution in [3.05, 3.63) is 16.7 Å².